The molecule has 0 spiro atoms. The Bertz CT molecular complexity index is 602. The highest BCUT2D eigenvalue weighted by Gasteiger charge is 2.13. The molecular formula is C12H9Cl2N3O. The van der Waals surface area contributed by atoms with Crippen molar-refractivity contribution in [1.29, 1.82) is 0 Å². The normalized spacial score (nSPS) is 10.2. The minimum atomic E-state index is -0.406. The molecule has 6 heteroatoms. The largest absolute Gasteiger partial charge is 0.320 e. The summed E-state index contributed by atoms with van der Waals surface area (Å²) in [6.07, 6.45) is 3.25. The molecule has 2 heterocycles. The number of pyridine rings is 2. The van der Waals surface area contributed by atoms with Gasteiger partial charge in [-0.3, -0.25) is 9.78 Å². The van der Waals surface area contributed by atoms with Gasteiger partial charge in [0.05, 0.1) is 5.02 Å². The van der Waals surface area contributed by atoms with Gasteiger partial charge in [0.2, 0.25) is 0 Å². The number of nitrogens with zero attached hydrogens (tertiary/aromatic N) is 2. The molecule has 0 aliphatic rings. The van der Waals surface area contributed by atoms with Crippen LogP contribution in [-0.4, -0.2) is 15.9 Å². The maximum Gasteiger partial charge on any atom is 0.275 e. The summed E-state index contributed by atoms with van der Waals surface area (Å²) < 4.78 is 0. The van der Waals surface area contributed by atoms with Gasteiger partial charge in [-0.15, -0.1) is 0 Å². The Morgan fingerprint density at radius 3 is 2.78 bits per heavy atom. The van der Waals surface area contributed by atoms with Crippen LogP contribution in [0.5, 0.6) is 0 Å². The van der Waals surface area contributed by atoms with Crippen molar-refractivity contribution in [2.45, 2.75) is 6.92 Å². The molecule has 0 saturated carbocycles. The number of amides is 1. The van der Waals surface area contributed by atoms with Crippen molar-refractivity contribution in [3.63, 3.8) is 0 Å². The summed E-state index contributed by atoms with van der Waals surface area (Å²) in [5, 5.41) is 3.18. The predicted molar refractivity (Wildman–Crippen MR) is 71.2 cm³/mol. The van der Waals surface area contributed by atoms with Crippen molar-refractivity contribution in [3.8, 4) is 0 Å². The van der Waals surface area contributed by atoms with E-state index in [4.69, 9.17) is 23.2 Å². The summed E-state index contributed by atoms with van der Waals surface area (Å²) in [5.74, 6) is -0.406. The van der Waals surface area contributed by atoms with Gasteiger partial charge in [-0.2, -0.15) is 0 Å². The van der Waals surface area contributed by atoms with Gasteiger partial charge >= 0.3 is 0 Å². The molecule has 2 aromatic rings. The van der Waals surface area contributed by atoms with E-state index in [-0.39, 0.29) is 15.9 Å². The Kier molecular flexibility index (Phi) is 3.79. The van der Waals surface area contributed by atoms with Gasteiger partial charge in [-0.1, -0.05) is 23.2 Å². The third-order valence-electron chi connectivity index (χ3n) is 2.30. The average molecular weight is 282 g/mol. The van der Waals surface area contributed by atoms with E-state index in [1.165, 1.54) is 12.1 Å². The standard InChI is InChI=1S/C12H9Cl2N3O/c1-7-6-15-5-4-9(7)16-12(18)11-8(13)2-3-10(14)17-11/h2-6H,1H3,(H,15,16,18). The molecule has 0 unspecified atom stereocenters. The molecule has 0 aliphatic carbocycles. The van der Waals surface area contributed by atoms with Gasteiger partial charge in [0, 0.05) is 18.1 Å². The summed E-state index contributed by atoms with van der Waals surface area (Å²) in [5.41, 5.74) is 1.61. The van der Waals surface area contributed by atoms with Crippen LogP contribution in [0.3, 0.4) is 0 Å². The highest BCUT2D eigenvalue weighted by atomic mass is 35.5. The maximum atomic E-state index is 12.0. The van der Waals surface area contributed by atoms with Crippen molar-refractivity contribution >= 4 is 34.8 Å². The highest BCUT2D eigenvalue weighted by Crippen LogP contribution is 2.19. The minimum Gasteiger partial charge on any atom is -0.320 e. The first kappa shape index (κ1) is 12.8. The van der Waals surface area contributed by atoms with Gasteiger partial charge in [0.15, 0.2) is 0 Å². The fourth-order valence-electron chi connectivity index (χ4n) is 1.37. The molecule has 1 amide bonds. The topological polar surface area (TPSA) is 54.9 Å². The van der Waals surface area contributed by atoms with E-state index < -0.39 is 5.91 Å². The number of carbonyl (C=O) groups is 1. The lowest BCUT2D eigenvalue weighted by Crippen LogP contribution is -2.15. The van der Waals surface area contributed by atoms with E-state index in [1.807, 2.05) is 6.92 Å². The summed E-state index contributed by atoms with van der Waals surface area (Å²) in [6.45, 7) is 1.84. The molecule has 2 rings (SSSR count). The van der Waals surface area contributed by atoms with Crippen LogP contribution < -0.4 is 5.32 Å². The number of carbonyl (C=O) groups excluding carboxylic acids is 1. The second-order valence-corrected chi connectivity index (χ2v) is 4.40. The molecular weight excluding hydrogens is 273 g/mol. The first-order chi connectivity index (χ1) is 8.58. The van der Waals surface area contributed by atoms with Gasteiger partial charge in [0.1, 0.15) is 10.8 Å². The number of aromatic nitrogens is 2. The summed E-state index contributed by atoms with van der Waals surface area (Å²) in [4.78, 5) is 19.8. The number of rotatable bonds is 2. The molecule has 0 aliphatic heterocycles. The minimum absolute atomic E-state index is 0.0976. The number of nitrogens with one attached hydrogen (secondary N) is 1. The predicted octanol–water partition coefficient (Wildman–Crippen LogP) is 3.34. The van der Waals surface area contributed by atoms with Gasteiger partial charge < -0.3 is 5.32 Å². The summed E-state index contributed by atoms with van der Waals surface area (Å²) in [7, 11) is 0. The zero-order valence-electron chi connectivity index (χ0n) is 9.45. The van der Waals surface area contributed by atoms with Crippen LogP contribution >= 0.6 is 23.2 Å². The first-order valence-corrected chi connectivity index (χ1v) is 5.87. The molecule has 0 aromatic carbocycles. The molecule has 0 saturated heterocycles. The molecule has 0 radical (unpaired) electrons. The Balaban J connectivity index is 2.28. The van der Waals surface area contributed by atoms with Crippen molar-refractivity contribution in [2.24, 2.45) is 0 Å². The average Bonchev–Trinajstić information content (AvgIpc) is 2.35. The summed E-state index contributed by atoms with van der Waals surface area (Å²) in [6, 6.07) is 4.76. The Morgan fingerprint density at radius 2 is 2.06 bits per heavy atom. The lowest BCUT2D eigenvalue weighted by Gasteiger charge is -2.08. The quantitative estimate of drug-likeness (QED) is 0.859. The van der Waals surface area contributed by atoms with Crippen LogP contribution in [-0.2, 0) is 0 Å². The van der Waals surface area contributed by atoms with E-state index >= 15 is 0 Å². The SMILES string of the molecule is Cc1cnccc1NC(=O)c1nc(Cl)ccc1Cl. The van der Waals surface area contributed by atoms with E-state index in [2.05, 4.69) is 15.3 Å². The molecule has 18 heavy (non-hydrogen) atoms. The van der Waals surface area contributed by atoms with Gasteiger partial charge in [-0.25, -0.2) is 4.98 Å². The number of halogens is 2. The lowest BCUT2D eigenvalue weighted by molar-refractivity contribution is 0.102. The van der Waals surface area contributed by atoms with Crippen molar-refractivity contribution < 1.29 is 4.79 Å². The highest BCUT2D eigenvalue weighted by molar-refractivity contribution is 6.35. The number of hydrogen-bond donors (Lipinski definition) is 1. The lowest BCUT2D eigenvalue weighted by atomic mass is 10.2. The van der Waals surface area contributed by atoms with Crippen LogP contribution in [0.2, 0.25) is 10.2 Å². The molecule has 0 atom stereocenters. The smallest absolute Gasteiger partial charge is 0.275 e. The van der Waals surface area contributed by atoms with E-state index in [0.717, 1.165) is 5.56 Å². The van der Waals surface area contributed by atoms with E-state index in [9.17, 15) is 4.79 Å². The Morgan fingerprint density at radius 1 is 1.28 bits per heavy atom. The van der Waals surface area contributed by atoms with Crippen molar-refractivity contribution in [1.82, 2.24) is 9.97 Å². The maximum absolute atomic E-state index is 12.0. The molecule has 92 valence electrons. The first-order valence-electron chi connectivity index (χ1n) is 5.12. The fourth-order valence-corrected chi connectivity index (χ4v) is 1.71. The third kappa shape index (κ3) is 2.78. The molecule has 2 aromatic heterocycles. The number of hydrogen-bond acceptors (Lipinski definition) is 3. The third-order valence-corrected chi connectivity index (χ3v) is 2.81. The van der Waals surface area contributed by atoms with Gasteiger partial charge in [0.25, 0.3) is 5.91 Å². The Hall–Kier alpha value is -1.65. The second-order valence-electron chi connectivity index (χ2n) is 3.61. The Labute approximate surface area is 114 Å². The monoisotopic (exact) mass is 281 g/mol. The summed E-state index contributed by atoms with van der Waals surface area (Å²) >= 11 is 11.6. The van der Waals surface area contributed by atoms with Crippen LogP contribution in [0.25, 0.3) is 0 Å². The number of aryl methyl sites for hydroxylation is 1. The van der Waals surface area contributed by atoms with Crippen LogP contribution in [0, 0.1) is 6.92 Å². The van der Waals surface area contributed by atoms with Crippen LogP contribution in [0.4, 0.5) is 5.69 Å². The second kappa shape index (κ2) is 5.33. The van der Waals surface area contributed by atoms with Crippen molar-refractivity contribution in [3.05, 3.63) is 52.0 Å². The zero-order valence-corrected chi connectivity index (χ0v) is 11.0. The van der Waals surface area contributed by atoms with Crippen LogP contribution in [0.1, 0.15) is 16.1 Å². The zero-order chi connectivity index (χ0) is 13.1. The van der Waals surface area contributed by atoms with E-state index in [0.29, 0.717) is 5.69 Å². The van der Waals surface area contributed by atoms with Crippen molar-refractivity contribution in [2.75, 3.05) is 5.32 Å². The molecule has 0 fully saturated rings. The molecule has 1 N–H and O–H groups in total. The van der Waals surface area contributed by atoms with E-state index in [1.54, 1.807) is 18.5 Å². The number of anilines is 1. The molecule has 0 bridgehead atoms. The van der Waals surface area contributed by atoms with Crippen LogP contribution in [0.15, 0.2) is 30.6 Å². The molecule has 4 nitrogen and oxygen atoms in total. The fraction of sp³-hybridized carbons (Fsp3) is 0.0833. The van der Waals surface area contributed by atoms with Gasteiger partial charge in [-0.05, 0) is 30.7 Å².